The predicted octanol–water partition coefficient (Wildman–Crippen LogP) is 5.36. The Morgan fingerprint density at radius 1 is 1.07 bits per heavy atom. The van der Waals surface area contributed by atoms with Crippen molar-refractivity contribution in [1.29, 1.82) is 0 Å². The molecule has 3 aromatic rings. The zero-order valence-corrected chi connectivity index (χ0v) is 16.2. The number of phenolic OH excluding ortho intramolecular Hbond substituents is 1. The number of carbonyl (C=O) groups excluding carboxylic acids is 1. The molecule has 5 nitrogen and oxygen atoms in total. The Hall–Kier alpha value is -2.83. The van der Waals surface area contributed by atoms with Crippen molar-refractivity contribution in [2.75, 3.05) is 0 Å². The third-order valence-electron chi connectivity index (χ3n) is 3.49. The SMILES string of the molecule is O=C(NN=Cc1cc(Cl)c(O)c(Br)c1)c1cccc(Oc2ccccc2)c1. The number of carbonyl (C=O) groups is 1. The van der Waals surface area contributed by atoms with Gasteiger partial charge in [0.1, 0.15) is 17.2 Å². The molecule has 0 saturated carbocycles. The second-order valence-electron chi connectivity index (χ2n) is 5.48. The van der Waals surface area contributed by atoms with Gasteiger partial charge < -0.3 is 9.84 Å². The van der Waals surface area contributed by atoms with Gasteiger partial charge in [-0.2, -0.15) is 5.10 Å². The lowest BCUT2D eigenvalue weighted by molar-refractivity contribution is 0.0955. The fourth-order valence-electron chi connectivity index (χ4n) is 2.22. The highest BCUT2D eigenvalue weighted by molar-refractivity contribution is 9.10. The van der Waals surface area contributed by atoms with Crippen molar-refractivity contribution in [3.8, 4) is 17.2 Å². The van der Waals surface area contributed by atoms with E-state index in [0.717, 1.165) is 0 Å². The van der Waals surface area contributed by atoms with Gasteiger partial charge in [0.25, 0.3) is 5.91 Å². The van der Waals surface area contributed by atoms with Crippen LogP contribution in [0.1, 0.15) is 15.9 Å². The molecule has 0 bridgehead atoms. The molecule has 0 radical (unpaired) electrons. The van der Waals surface area contributed by atoms with E-state index >= 15 is 0 Å². The summed E-state index contributed by atoms with van der Waals surface area (Å²) in [7, 11) is 0. The van der Waals surface area contributed by atoms with Gasteiger partial charge in [0, 0.05) is 5.56 Å². The Morgan fingerprint density at radius 3 is 2.56 bits per heavy atom. The van der Waals surface area contributed by atoms with Crippen LogP contribution in [0.15, 0.2) is 76.3 Å². The minimum Gasteiger partial charge on any atom is -0.505 e. The van der Waals surface area contributed by atoms with Crippen molar-refractivity contribution >= 4 is 39.7 Å². The molecule has 3 aromatic carbocycles. The van der Waals surface area contributed by atoms with Crippen molar-refractivity contribution in [3.63, 3.8) is 0 Å². The summed E-state index contributed by atoms with van der Waals surface area (Å²) in [5, 5.41) is 13.7. The molecule has 7 heteroatoms. The van der Waals surface area contributed by atoms with Crippen LogP contribution >= 0.6 is 27.5 Å². The second kappa shape index (κ2) is 8.70. The van der Waals surface area contributed by atoms with Gasteiger partial charge in [0.15, 0.2) is 0 Å². The van der Waals surface area contributed by atoms with E-state index in [9.17, 15) is 9.90 Å². The van der Waals surface area contributed by atoms with E-state index in [1.54, 1.807) is 30.3 Å². The van der Waals surface area contributed by atoms with Crippen LogP contribution in [-0.4, -0.2) is 17.2 Å². The number of hydrazone groups is 1. The zero-order chi connectivity index (χ0) is 19.2. The summed E-state index contributed by atoms with van der Waals surface area (Å²) in [4.78, 5) is 12.3. The highest BCUT2D eigenvalue weighted by Gasteiger charge is 2.07. The standard InChI is InChI=1S/C20H14BrClN2O3/c21-17-9-13(10-18(22)19(17)25)12-23-24-20(26)14-5-4-8-16(11-14)27-15-6-2-1-3-7-15/h1-12,25H,(H,24,26). The molecule has 0 aromatic heterocycles. The number of ether oxygens (including phenoxy) is 1. The van der Waals surface area contributed by atoms with Crippen LogP contribution in [0.3, 0.4) is 0 Å². The molecular formula is C20H14BrClN2O3. The van der Waals surface area contributed by atoms with Crippen LogP contribution in [0.4, 0.5) is 0 Å². The molecule has 0 fully saturated rings. The number of halogens is 2. The largest absolute Gasteiger partial charge is 0.505 e. The number of rotatable bonds is 5. The molecule has 2 N–H and O–H groups in total. The van der Waals surface area contributed by atoms with Gasteiger partial charge >= 0.3 is 0 Å². The van der Waals surface area contributed by atoms with E-state index in [-0.39, 0.29) is 16.7 Å². The van der Waals surface area contributed by atoms with Crippen LogP contribution in [0.25, 0.3) is 0 Å². The third-order valence-corrected chi connectivity index (χ3v) is 4.39. The Morgan fingerprint density at radius 2 is 1.81 bits per heavy atom. The lowest BCUT2D eigenvalue weighted by Crippen LogP contribution is -2.17. The van der Waals surface area contributed by atoms with Crippen molar-refractivity contribution in [1.82, 2.24) is 5.43 Å². The summed E-state index contributed by atoms with van der Waals surface area (Å²) in [6.45, 7) is 0. The normalized spacial score (nSPS) is 10.7. The van der Waals surface area contributed by atoms with Gasteiger partial charge in [-0.05, 0) is 64.0 Å². The second-order valence-corrected chi connectivity index (χ2v) is 6.74. The first kappa shape index (κ1) is 18.9. The minimum absolute atomic E-state index is 0.0481. The van der Waals surface area contributed by atoms with E-state index in [4.69, 9.17) is 16.3 Å². The topological polar surface area (TPSA) is 70.9 Å². The van der Waals surface area contributed by atoms with Gasteiger partial charge in [-0.25, -0.2) is 5.43 Å². The zero-order valence-electron chi connectivity index (χ0n) is 13.9. The molecule has 0 aliphatic carbocycles. The molecule has 0 aliphatic rings. The van der Waals surface area contributed by atoms with E-state index in [2.05, 4.69) is 26.5 Å². The van der Waals surface area contributed by atoms with Crippen molar-refractivity contribution < 1.29 is 14.6 Å². The number of hydrogen-bond donors (Lipinski definition) is 2. The summed E-state index contributed by atoms with van der Waals surface area (Å²) >= 11 is 9.09. The van der Waals surface area contributed by atoms with Gasteiger partial charge in [0.2, 0.25) is 0 Å². The Balaban J connectivity index is 1.67. The molecule has 0 unspecified atom stereocenters. The Bertz CT molecular complexity index is 971. The quantitative estimate of drug-likeness (QED) is 0.410. The monoisotopic (exact) mass is 444 g/mol. The number of aromatic hydroxyl groups is 1. The Labute approximate surface area is 169 Å². The summed E-state index contributed by atoms with van der Waals surface area (Å²) in [5.41, 5.74) is 3.47. The van der Waals surface area contributed by atoms with Crippen molar-refractivity contribution in [2.45, 2.75) is 0 Å². The molecule has 136 valence electrons. The molecule has 0 atom stereocenters. The maximum Gasteiger partial charge on any atom is 0.271 e. The molecule has 27 heavy (non-hydrogen) atoms. The highest BCUT2D eigenvalue weighted by Crippen LogP contribution is 2.32. The number of hydrogen-bond acceptors (Lipinski definition) is 4. The number of nitrogens with zero attached hydrogens (tertiary/aromatic N) is 1. The molecule has 0 heterocycles. The third kappa shape index (κ3) is 5.09. The first-order valence-corrected chi connectivity index (χ1v) is 9.04. The molecule has 0 spiro atoms. The van der Waals surface area contributed by atoms with E-state index in [1.807, 2.05) is 30.3 Å². The molecular weight excluding hydrogens is 432 g/mol. The van der Waals surface area contributed by atoms with E-state index < -0.39 is 0 Å². The number of phenols is 1. The van der Waals surface area contributed by atoms with Crippen LogP contribution in [-0.2, 0) is 0 Å². The fourth-order valence-corrected chi connectivity index (χ4v) is 3.03. The summed E-state index contributed by atoms with van der Waals surface area (Å²) < 4.78 is 6.16. The van der Waals surface area contributed by atoms with Gasteiger partial charge in [-0.15, -0.1) is 0 Å². The van der Waals surface area contributed by atoms with Gasteiger partial charge in [-0.1, -0.05) is 35.9 Å². The number of nitrogens with one attached hydrogen (secondary N) is 1. The van der Waals surface area contributed by atoms with Crippen LogP contribution in [0.2, 0.25) is 5.02 Å². The lowest BCUT2D eigenvalue weighted by Gasteiger charge is -2.07. The smallest absolute Gasteiger partial charge is 0.271 e. The lowest BCUT2D eigenvalue weighted by atomic mass is 10.2. The highest BCUT2D eigenvalue weighted by atomic mass is 79.9. The van der Waals surface area contributed by atoms with Crippen molar-refractivity contribution in [3.05, 3.63) is 87.4 Å². The molecule has 0 saturated heterocycles. The number of para-hydroxylation sites is 1. The maximum atomic E-state index is 12.3. The van der Waals surface area contributed by atoms with Crippen LogP contribution in [0, 0.1) is 0 Å². The summed E-state index contributed by atoms with van der Waals surface area (Å²) in [6.07, 6.45) is 1.43. The van der Waals surface area contributed by atoms with Crippen molar-refractivity contribution in [2.24, 2.45) is 5.10 Å². The fraction of sp³-hybridized carbons (Fsp3) is 0. The van der Waals surface area contributed by atoms with Crippen LogP contribution in [0.5, 0.6) is 17.2 Å². The average molecular weight is 446 g/mol. The van der Waals surface area contributed by atoms with Crippen LogP contribution < -0.4 is 10.2 Å². The molecule has 0 aliphatic heterocycles. The minimum atomic E-state index is -0.381. The van der Waals surface area contributed by atoms with E-state index in [0.29, 0.717) is 27.1 Å². The summed E-state index contributed by atoms with van der Waals surface area (Å²) in [6, 6.07) is 19.3. The maximum absolute atomic E-state index is 12.3. The number of benzene rings is 3. The van der Waals surface area contributed by atoms with Gasteiger partial charge in [0.05, 0.1) is 15.7 Å². The molecule has 1 amide bonds. The van der Waals surface area contributed by atoms with Gasteiger partial charge in [-0.3, -0.25) is 4.79 Å². The van der Waals surface area contributed by atoms with E-state index in [1.165, 1.54) is 12.3 Å². The first-order chi connectivity index (χ1) is 13.0. The Kier molecular flexibility index (Phi) is 6.11. The number of amides is 1. The predicted molar refractivity (Wildman–Crippen MR) is 109 cm³/mol. The molecule has 3 rings (SSSR count). The average Bonchev–Trinajstić information content (AvgIpc) is 2.67. The first-order valence-electron chi connectivity index (χ1n) is 7.87. The summed E-state index contributed by atoms with van der Waals surface area (Å²) in [5.74, 6) is 0.803.